The second kappa shape index (κ2) is 11.4. The van der Waals surface area contributed by atoms with Crippen LogP contribution in [0, 0.1) is 17.5 Å². The van der Waals surface area contributed by atoms with E-state index in [1.165, 1.54) is 12.1 Å². The lowest BCUT2D eigenvalue weighted by molar-refractivity contribution is -0.136. The third-order valence-corrected chi connectivity index (χ3v) is 7.06. The monoisotopic (exact) mass is 558 g/mol. The van der Waals surface area contributed by atoms with E-state index in [-0.39, 0.29) is 22.6 Å². The summed E-state index contributed by atoms with van der Waals surface area (Å²) in [5.41, 5.74) is -0.150. The van der Waals surface area contributed by atoms with E-state index >= 15 is 0 Å². The fourth-order valence-corrected chi connectivity index (χ4v) is 5.14. The molecule has 1 aliphatic heterocycles. The van der Waals surface area contributed by atoms with Crippen LogP contribution >= 0.6 is 0 Å². The first kappa shape index (κ1) is 27.8. The van der Waals surface area contributed by atoms with Gasteiger partial charge in [-0.05, 0) is 31.0 Å². The topological polar surface area (TPSA) is 33.1 Å². The lowest BCUT2D eigenvalue weighted by Crippen LogP contribution is -2.26. The zero-order valence-electron chi connectivity index (χ0n) is 21.8. The molecule has 3 aromatic carbocycles. The first-order valence-corrected chi connectivity index (χ1v) is 13.1. The summed E-state index contributed by atoms with van der Waals surface area (Å²) in [5, 5.41) is 7.83. The number of rotatable bonds is 8. The molecule has 10 heteroatoms. The van der Waals surface area contributed by atoms with Crippen LogP contribution in [0.4, 0.5) is 32.0 Å². The zero-order chi connectivity index (χ0) is 28.4. The number of halogens is 6. The molecule has 40 heavy (non-hydrogen) atoms. The van der Waals surface area contributed by atoms with E-state index in [1.54, 1.807) is 12.1 Å². The van der Waals surface area contributed by atoms with E-state index in [9.17, 15) is 26.3 Å². The lowest BCUT2D eigenvalue weighted by atomic mass is 10.0. The number of allylic oxidation sites excluding steroid dienone is 1. The molecule has 1 aliphatic rings. The number of aromatic nitrogens is 2. The summed E-state index contributed by atoms with van der Waals surface area (Å²) < 4.78 is 85.0. The third-order valence-electron chi connectivity index (χ3n) is 7.06. The molecule has 1 aromatic heterocycles. The van der Waals surface area contributed by atoms with Gasteiger partial charge in [-0.2, -0.15) is 18.3 Å². The Hall–Kier alpha value is -3.79. The number of anilines is 1. The van der Waals surface area contributed by atoms with Gasteiger partial charge in [-0.3, -0.25) is 9.58 Å². The molecule has 0 radical (unpaired) electrons. The highest BCUT2D eigenvalue weighted by molar-refractivity contribution is 5.95. The smallest absolute Gasteiger partial charge is 0.381 e. The molecule has 0 aliphatic carbocycles. The Kier molecular flexibility index (Phi) is 7.89. The highest BCUT2D eigenvalue weighted by atomic mass is 19.4. The second-order valence-electron chi connectivity index (χ2n) is 9.90. The molecule has 0 saturated carbocycles. The van der Waals surface area contributed by atoms with Crippen LogP contribution in [-0.2, 0) is 12.7 Å². The summed E-state index contributed by atoms with van der Waals surface area (Å²) in [6, 6.07) is 12.1. The predicted octanol–water partition coefficient (Wildman–Crippen LogP) is 7.64. The highest BCUT2D eigenvalue weighted by Gasteiger charge is 2.34. The fraction of sp³-hybridized carbons (Fsp3) is 0.300. The molecule has 1 atom stereocenters. The maximum atomic E-state index is 14.5. The molecule has 0 spiro atoms. The summed E-state index contributed by atoms with van der Waals surface area (Å²) in [6.45, 7) is 4.34. The van der Waals surface area contributed by atoms with E-state index in [0.717, 1.165) is 48.9 Å². The molecule has 4 aromatic rings. The standard InChI is InChI=1S/C30H28F6N4/c1-2-3-4-13-39-14-12-22(17-39)37-21-10-8-19(9-11-21)29-23-6-5-7-25(30(34,35)36)28(23)38-40(29)18-24-26(32)15-20(31)16-27(24)33/h3-11,15-16,22,37H,2,12-14,17-18H2,1H3/b4-3+/t22-/m0/s1. The van der Waals surface area contributed by atoms with E-state index in [2.05, 4.69) is 34.4 Å². The van der Waals surface area contributed by atoms with Gasteiger partial charge in [0.25, 0.3) is 0 Å². The number of fused-ring (bicyclic) bond motifs is 1. The first-order chi connectivity index (χ1) is 19.1. The second-order valence-corrected chi connectivity index (χ2v) is 9.90. The number of hydrogen-bond donors (Lipinski definition) is 1. The van der Waals surface area contributed by atoms with Crippen LogP contribution in [0.25, 0.3) is 22.2 Å². The van der Waals surface area contributed by atoms with Crippen molar-refractivity contribution in [2.75, 3.05) is 25.0 Å². The number of benzene rings is 3. The van der Waals surface area contributed by atoms with Crippen molar-refractivity contribution in [3.8, 4) is 11.3 Å². The number of nitrogens with zero attached hydrogens (tertiary/aromatic N) is 3. The molecule has 0 bridgehead atoms. The Morgan fingerprint density at radius 2 is 1.73 bits per heavy atom. The van der Waals surface area contributed by atoms with Gasteiger partial charge in [-0.25, -0.2) is 13.2 Å². The number of alkyl halides is 3. The minimum absolute atomic E-state index is 0.185. The molecule has 1 saturated heterocycles. The minimum atomic E-state index is -4.68. The molecule has 2 heterocycles. The molecule has 1 fully saturated rings. The Labute approximate surface area is 227 Å². The normalized spacial score (nSPS) is 16.4. The van der Waals surface area contributed by atoms with Crippen LogP contribution in [0.5, 0.6) is 0 Å². The summed E-state index contributed by atoms with van der Waals surface area (Å²) in [6.07, 6.45) is 1.61. The largest absolute Gasteiger partial charge is 0.418 e. The van der Waals surface area contributed by atoms with Gasteiger partial charge < -0.3 is 5.32 Å². The van der Waals surface area contributed by atoms with Gasteiger partial charge in [0.05, 0.1) is 17.8 Å². The predicted molar refractivity (Wildman–Crippen MR) is 143 cm³/mol. The van der Waals surface area contributed by atoms with E-state index < -0.39 is 41.3 Å². The molecule has 1 N–H and O–H groups in total. The van der Waals surface area contributed by atoms with Crippen molar-refractivity contribution in [2.24, 2.45) is 0 Å². The van der Waals surface area contributed by atoms with Gasteiger partial charge in [0.1, 0.15) is 23.0 Å². The van der Waals surface area contributed by atoms with Gasteiger partial charge >= 0.3 is 6.18 Å². The van der Waals surface area contributed by atoms with Crippen LogP contribution in [0.2, 0.25) is 0 Å². The first-order valence-electron chi connectivity index (χ1n) is 13.1. The summed E-state index contributed by atoms with van der Waals surface area (Å²) in [4.78, 5) is 2.36. The zero-order valence-corrected chi connectivity index (χ0v) is 21.8. The maximum absolute atomic E-state index is 14.5. The highest BCUT2D eigenvalue weighted by Crippen LogP contribution is 2.38. The van der Waals surface area contributed by atoms with Gasteiger partial charge in [-0.1, -0.05) is 43.3 Å². The van der Waals surface area contributed by atoms with Gasteiger partial charge in [0.2, 0.25) is 0 Å². The van der Waals surface area contributed by atoms with Gasteiger partial charge in [0, 0.05) is 60.0 Å². The third kappa shape index (κ3) is 5.86. The Balaban J connectivity index is 1.48. The van der Waals surface area contributed by atoms with Crippen molar-refractivity contribution in [2.45, 2.75) is 38.5 Å². The Morgan fingerprint density at radius 3 is 2.40 bits per heavy atom. The fourth-order valence-electron chi connectivity index (χ4n) is 5.14. The molecule has 4 nitrogen and oxygen atoms in total. The lowest BCUT2D eigenvalue weighted by Gasteiger charge is -2.16. The molecular weight excluding hydrogens is 530 g/mol. The Morgan fingerprint density at radius 1 is 1.00 bits per heavy atom. The SMILES string of the molecule is CC/C=C/CN1CC[C@H](Nc2ccc(-c3c4cccc(C(F)(F)F)c4nn3Cc3c(F)cc(F)cc3F)cc2)C1. The van der Waals surface area contributed by atoms with Crippen LogP contribution in [0.15, 0.2) is 66.7 Å². The van der Waals surface area contributed by atoms with Crippen molar-refractivity contribution in [1.82, 2.24) is 14.7 Å². The van der Waals surface area contributed by atoms with Crippen molar-refractivity contribution in [1.29, 1.82) is 0 Å². The van der Waals surface area contributed by atoms with E-state index in [0.29, 0.717) is 17.7 Å². The molecule has 0 amide bonds. The number of likely N-dealkylation sites (tertiary alicyclic amines) is 1. The molecular formula is C30H28F6N4. The van der Waals surface area contributed by atoms with Crippen molar-refractivity contribution in [3.63, 3.8) is 0 Å². The Bertz CT molecular complexity index is 1500. The number of hydrogen-bond acceptors (Lipinski definition) is 3. The van der Waals surface area contributed by atoms with E-state index in [4.69, 9.17) is 0 Å². The quantitative estimate of drug-likeness (QED) is 0.178. The van der Waals surface area contributed by atoms with Crippen molar-refractivity contribution >= 4 is 16.6 Å². The molecule has 0 unspecified atom stereocenters. The van der Waals surface area contributed by atoms with Gasteiger partial charge in [0.15, 0.2) is 0 Å². The van der Waals surface area contributed by atoms with Crippen LogP contribution in [-0.4, -0.2) is 40.4 Å². The van der Waals surface area contributed by atoms with Crippen LogP contribution < -0.4 is 5.32 Å². The summed E-state index contributed by atoms with van der Waals surface area (Å²) >= 11 is 0. The number of nitrogens with one attached hydrogen (secondary N) is 1. The van der Waals surface area contributed by atoms with Crippen LogP contribution in [0.3, 0.4) is 0 Å². The van der Waals surface area contributed by atoms with Crippen molar-refractivity contribution < 1.29 is 26.3 Å². The van der Waals surface area contributed by atoms with Gasteiger partial charge in [-0.15, -0.1) is 0 Å². The average Bonchev–Trinajstić information content (AvgIpc) is 3.50. The van der Waals surface area contributed by atoms with Crippen LogP contribution in [0.1, 0.15) is 30.9 Å². The average molecular weight is 559 g/mol. The molecule has 210 valence electrons. The summed E-state index contributed by atoms with van der Waals surface area (Å²) in [7, 11) is 0. The maximum Gasteiger partial charge on any atom is 0.418 e. The molecule has 5 rings (SSSR count). The minimum Gasteiger partial charge on any atom is -0.381 e. The van der Waals surface area contributed by atoms with Crippen molar-refractivity contribution in [3.05, 3.63) is 95.3 Å². The van der Waals surface area contributed by atoms with E-state index in [1.807, 2.05) is 12.1 Å². The summed E-state index contributed by atoms with van der Waals surface area (Å²) in [5.74, 6) is -3.38.